The molecule has 154 valence electrons. The van der Waals surface area contributed by atoms with Crippen molar-refractivity contribution in [3.05, 3.63) is 0 Å². The van der Waals surface area contributed by atoms with Gasteiger partial charge in [0.05, 0.1) is 5.92 Å². The normalized spacial score (nSPS) is 19.9. The Morgan fingerprint density at radius 3 is 2.11 bits per heavy atom. The molecule has 7 heteroatoms. The van der Waals surface area contributed by atoms with Crippen molar-refractivity contribution in [2.45, 2.75) is 83.8 Å². The van der Waals surface area contributed by atoms with E-state index in [1.165, 1.54) is 12.8 Å². The van der Waals surface area contributed by atoms with Crippen LogP contribution in [0.4, 0.5) is 4.79 Å². The Morgan fingerprint density at radius 1 is 0.963 bits per heavy atom. The van der Waals surface area contributed by atoms with Crippen LogP contribution in [0.3, 0.4) is 0 Å². The quantitative estimate of drug-likeness (QED) is 0.597. The molecular weight excluding hydrogens is 348 g/mol. The van der Waals surface area contributed by atoms with Crippen molar-refractivity contribution in [2.24, 2.45) is 5.92 Å². The Bertz CT molecular complexity index is 513. The molecule has 0 radical (unpaired) electrons. The maximum absolute atomic E-state index is 12.2. The molecule has 1 saturated heterocycles. The number of esters is 1. The van der Waals surface area contributed by atoms with Crippen LogP contribution in [0.25, 0.3) is 0 Å². The summed E-state index contributed by atoms with van der Waals surface area (Å²) in [4.78, 5) is 37.9. The van der Waals surface area contributed by atoms with Crippen LogP contribution in [-0.2, 0) is 19.1 Å². The second-order valence-corrected chi connectivity index (χ2v) is 8.61. The van der Waals surface area contributed by atoms with Gasteiger partial charge in [-0.1, -0.05) is 25.7 Å². The third-order valence-corrected chi connectivity index (χ3v) is 5.05. The van der Waals surface area contributed by atoms with Crippen LogP contribution >= 0.6 is 0 Å². The first-order chi connectivity index (χ1) is 12.7. The fourth-order valence-electron chi connectivity index (χ4n) is 3.57. The van der Waals surface area contributed by atoms with Crippen LogP contribution in [0.1, 0.15) is 72.1 Å². The van der Waals surface area contributed by atoms with E-state index in [1.807, 2.05) is 20.8 Å². The van der Waals surface area contributed by atoms with E-state index in [4.69, 9.17) is 9.47 Å². The number of hydrogen-bond acceptors (Lipinski definition) is 5. The zero-order valence-electron chi connectivity index (χ0n) is 16.9. The van der Waals surface area contributed by atoms with Gasteiger partial charge in [0.15, 0.2) is 6.61 Å². The van der Waals surface area contributed by atoms with E-state index in [-0.39, 0.29) is 36.5 Å². The highest BCUT2D eigenvalue weighted by molar-refractivity contribution is 5.81. The lowest BCUT2D eigenvalue weighted by atomic mass is 9.97. The minimum absolute atomic E-state index is 0.204. The third-order valence-electron chi connectivity index (χ3n) is 5.05. The molecule has 7 nitrogen and oxygen atoms in total. The van der Waals surface area contributed by atoms with Gasteiger partial charge in [-0.2, -0.15) is 0 Å². The highest BCUT2D eigenvalue weighted by Gasteiger charge is 2.31. The van der Waals surface area contributed by atoms with Crippen LogP contribution < -0.4 is 5.32 Å². The van der Waals surface area contributed by atoms with Gasteiger partial charge in [0.25, 0.3) is 5.91 Å². The molecule has 27 heavy (non-hydrogen) atoms. The van der Waals surface area contributed by atoms with Crippen molar-refractivity contribution >= 4 is 18.0 Å². The van der Waals surface area contributed by atoms with Gasteiger partial charge in [-0.25, -0.2) is 4.79 Å². The zero-order chi connectivity index (χ0) is 19.9. The Labute approximate surface area is 162 Å². The van der Waals surface area contributed by atoms with Gasteiger partial charge in [0, 0.05) is 19.1 Å². The minimum atomic E-state index is -0.530. The molecule has 0 aromatic heterocycles. The fourth-order valence-corrected chi connectivity index (χ4v) is 3.57. The number of rotatable bonds is 4. The summed E-state index contributed by atoms with van der Waals surface area (Å²) in [5.41, 5.74) is -0.530. The largest absolute Gasteiger partial charge is 0.455 e. The standard InChI is InChI=1S/C20H34N2O5/c1-20(2,3)27-19(25)22-12-10-15(11-13-22)18(24)26-14-17(23)21-16-8-6-4-5-7-9-16/h15-16H,4-14H2,1-3H3,(H,21,23). The number of carbonyl (C=O) groups is 3. The zero-order valence-corrected chi connectivity index (χ0v) is 16.9. The van der Waals surface area contributed by atoms with E-state index in [9.17, 15) is 14.4 Å². The molecule has 1 aliphatic heterocycles. The number of piperidine rings is 1. The number of hydrogen-bond donors (Lipinski definition) is 1. The summed E-state index contributed by atoms with van der Waals surface area (Å²) in [6, 6.07) is 0.204. The van der Waals surface area contributed by atoms with Crippen molar-refractivity contribution in [3.8, 4) is 0 Å². The molecule has 0 unspecified atom stereocenters. The Balaban J connectivity index is 1.66. The lowest BCUT2D eigenvalue weighted by molar-refractivity contribution is -0.154. The van der Waals surface area contributed by atoms with Crippen LogP contribution in [0, 0.1) is 5.92 Å². The number of likely N-dealkylation sites (tertiary alicyclic amines) is 1. The molecule has 2 aliphatic rings. The first-order valence-corrected chi connectivity index (χ1v) is 10.2. The second kappa shape index (κ2) is 9.95. The van der Waals surface area contributed by atoms with Gasteiger partial charge in [-0.05, 0) is 46.5 Å². The summed E-state index contributed by atoms with van der Waals surface area (Å²) in [5, 5.41) is 2.98. The van der Waals surface area contributed by atoms with E-state index in [0.29, 0.717) is 25.9 Å². The average molecular weight is 383 g/mol. The predicted molar refractivity (Wildman–Crippen MR) is 101 cm³/mol. The molecular formula is C20H34N2O5. The number of nitrogens with one attached hydrogen (secondary N) is 1. The average Bonchev–Trinajstić information content (AvgIpc) is 2.87. The monoisotopic (exact) mass is 382 g/mol. The summed E-state index contributed by atoms with van der Waals surface area (Å²) in [5.74, 6) is -0.842. The van der Waals surface area contributed by atoms with Gasteiger partial charge < -0.3 is 19.7 Å². The highest BCUT2D eigenvalue weighted by atomic mass is 16.6. The number of carbonyl (C=O) groups excluding carboxylic acids is 3. The van der Waals surface area contributed by atoms with Crippen molar-refractivity contribution in [2.75, 3.05) is 19.7 Å². The van der Waals surface area contributed by atoms with Crippen molar-refractivity contribution < 1.29 is 23.9 Å². The van der Waals surface area contributed by atoms with Gasteiger partial charge in [-0.15, -0.1) is 0 Å². The molecule has 0 aromatic rings. The third kappa shape index (κ3) is 7.77. The van der Waals surface area contributed by atoms with E-state index in [0.717, 1.165) is 25.7 Å². The number of ether oxygens (including phenoxy) is 2. The molecule has 2 fully saturated rings. The van der Waals surface area contributed by atoms with Gasteiger partial charge in [-0.3, -0.25) is 9.59 Å². The lowest BCUT2D eigenvalue weighted by Crippen LogP contribution is -2.43. The number of amides is 2. The first-order valence-electron chi connectivity index (χ1n) is 10.2. The highest BCUT2D eigenvalue weighted by Crippen LogP contribution is 2.21. The van der Waals surface area contributed by atoms with Crippen molar-refractivity contribution in [1.29, 1.82) is 0 Å². The van der Waals surface area contributed by atoms with Gasteiger partial charge >= 0.3 is 12.1 Å². The maximum Gasteiger partial charge on any atom is 0.410 e. The Morgan fingerprint density at radius 2 is 1.56 bits per heavy atom. The molecule has 1 N–H and O–H groups in total. The molecule has 1 heterocycles. The van der Waals surface area contributed by atoms with Gasteiger partial charge in [0.1, 0.15) is 5.60 Å². The summed E-state index contributed by atoms with van der Waals surface area (Å²) < 4.78 is 10.6. The SMILES string of the molecule is CC(C)(C)OC(=O)N1CCC(C(=O)OCC(=O)NC2CCCCCC2)CC1. The van der Waals surface area contributed by atoms with E-state index in [2.05, 4.69) is 5.32 Å². The topological polar surface area (TPSA) is 84.9 Å². The van der Waals surface area contributed by atoms with E-state index in [1.54, 1.807) is 4.90 Å². The van der Waals surface area contributed by atoms with Crippen molar-refractivity contribution in [3.63, 3.8) is 0 Å². The molecule has 0 spiro atoms. The smallest absolute Gasteiger partial charge is 0.410 e. The summed E-state index contributed by atoms with van der Waals surface area (Å²) >= 11 is 0. The Kier molecular flexibility index (Phi) is 7.92. The summed E-state index contributed by atoms with van der Waals surface area (Å²) in [6.07, 6.45) is 7.45. The van der Waals surface area contributed by atoms with Crippen LogP contribution in [0.2, 0.25) is 0 Å². The molecule has 0 atom stereocenters. The summed E-state index contributed by atoms with van der Waals surface area (Å²) in [7, 11) is 0. The van der Waals surface area contributed by atoms with E-state index >= 15 is 0 Å². The van der Waals surface area contributed by atoms with Crippen LogP contribution in [-0.4, -0.2) is 54.2 Å². The summed E-state index contributed by atoms with van der Waals surface area (Å²) in [6.45, 7) is 6.19. The molecule has 1 aliphatic carbocycles. The number of nitrogens with zero attached hydrogens (tertiary/aromatic N) is 1. The molecule has 0 aromatic carbocycles. The second-order valence-electron chi connectivity index (χ2n) is 8.61. The maximum atomic E-state index is 12.2. The van der Waals surface area contributed by atoms with Crippen LogP contribution in [0.5, 0.6) is 0 Å². The lowest BCUT2D eigenvalue weighted by Gasteiger charge is -2.32. The Hall–Kier alpha value is -1.79. The van der Waals surface area contributed by atoms with Crippen molar-refractivity contribution in [1.82, 2.24) is 10.2 Å². The first kappa shape index (κ1) is 21.5. The van der Waals surface area contributed by atoms with Crippen LogP contribution in [0.15, 0.2) is 0 Å². The molecule has 0 bridgehead atoms. The van der Waals surface area contributed by atoms with E-state index < -0.39 is 5.60 Å². The van der Waals surface area contributed by atoms with Gasteiger partial charge in [0.2, 0.25) is 0 Å². The minimum Gasteiger partial charge on any atom is -0.455 e. The fraction of sp³-hybridized carbons (Fsp3) is 0.850. The predicted octanol–water partition coefficient (Wildman–Crippen LogP) is 3.02. The molecule has 2 amide bonds. The molecule has 2 rings (SSSR count). The molecule has 1 saturated carbocycles.